The van der Waals surface area contributed by atoms with Gasteiger partial charge in [0.1, 0.15) is 30.8 Å². The number of aliphatic carboxylic acids is 1. The maximum atomic E-state index is 13.9. The number of hydrogen-bond donors (Lipinski definition) is 11. The van der Waals surface area contributed by atoms with Crippen LogP contribution in [0.4, 0.5) is 4.79 Å². The highest BCUT2D eigenvalue weighted by molar-refractivity contribution is 8.76. The molecule has 0 aliphatic heterocycles. The SMILES string of the molecule is CCOC(=O)[C@@H](N)CCCCNC(=O)[C@H](CSSC[C@H](NC(=O)OCCOCCOCCOC)C(=O)O)NC(=O)[C@H](CCCCNC(=O)[C@@H](N)CCCCN)NC(=O)[C@@H](N)CCCCN. The average Bonchev–Trinajstić information content (AvgIpc) is 3.27. The van der Waals surface area contributed by atoms with E-state index in [0.29, 0.717) is 90.7 Å². The molecule has 0 heterocycles. The zero-order valence-electron chi connectivity index (χ0n) is 38.2. The maximum Gasteiger partial charge on any atom is 0.407 e. The van der Waals surface area contributed by atoms with E-state index in [2.05, 4.69) is 26.6 Å². The van der Waals surface area contributed by atoms with E-state index in [1.807, 2.05) is 0 Å². The number of rotatable bonds is 42. The third-order valence-electron chi connectivity index (χ3n) is 9.33. The molecule has 0 aromatic heterocycles. The summed E-state index contributed by atoms with van der Waals surface area (Å²) in [6.45, 7) is 4.65. The van der Waals surface area contributed by atoms with Gasteiger partial charge < -0.3 is 84.0 Å². The number of nitrogens with two attached hydrogens (primary N) is 5. The first-order chi connectivity index (χ1) is 31.2. The quantitative estimate of drug-likeness (QED) is 0.0190. The Balaban J connectivity index is 5.70. The topological polar surface area (TPSA) is 376 Å². The van der Waals surface area contributed by atoms with Crippen LogP contribution in [-0.2, 0) is 52.5 Å². The fourth-order valence-corrected chi connectivity index (χ4v) is 7.86. The average molecular weight is 971 g/mol. The van der Waals surface area contributed by atoms with Crippen LogP contribution in [0, 0.1) is 0 Å². The third kappa shape index (κ3) is 32.7. The maximum absolute atomic E-state index is 13.9. The van der Waals surface area contributed by atoms with Crippen molar-refractivity contribution in [2.24, 2.45) is 28.7 Å². The molecular weight excluding hydrogens is 893 g/mol. The predicted octanol–water partition coefficient (Wildman–Crippen LogP) is -1.43. The highest BCUT2D eigenvalue weighted by Crippen LogP contribution is 2.23. The van der Waals surface area contributed by atoms with E-state index in [1.165, 1.54) is 0 Å². The highest BCUT2D eigenvalue weighted by atomic mass is 33.1. The zero-order chi connectivity index (χ0) is 48.7. The number of ether oxygens (including phenoxy) is 5. The van der Waals surface area contributed by atoms with Crippen LogP contribution in [0.2, 0.25) is 0 Å². The number of esters is 1. The number of hydrogen-bond acceptors (Lipinski definition) is 19. The monoisotopic (exact) mass is 971 g/mol. The Kier molecular flexibility index (Phi) is 38.5. The van der Waals surface area contributed by atoms with Crippen molar-refractivity contribution in [2.45, 2.75) is 120 Å². The standard InChI is InChI=1S/C40H78N10O13S2/c1-3-62-39(57)30(45)14-6-10-19-47-36(53)32(26-64-65-27-33(38(55)56)50-40(58)63-25-24-61-23-22-60-21-20-59-2)49-37(54)31(48-35(52)29(44)13-5-9-17-42)15-7-11-18-46-34(51)28(43)12-4-8-16-41/h28-33H,3-27,41-45H2,1-2H3,(H,46,51)(H,47,53)(H,48,52)(H,49,54)(H,50,58)(H,55,56)/t28-,29-,30-,31-,32-,33-/m0/s1. The van der Waals surface area contributed by atoms with Gasteiger partial charge in [0.2, 0.25) is 23.6 Å². The lowest BCUT2D eigenvalue weighted by molar-refractivity contribution is -0.145. The second-order valence-electron chi connectivity index (χ2n) is 14.8. The first kappa shape index (κ1) is 61.5. The zero-order valence-corrected chi connectivity index (χ0v) is 39.8. The molecule has 0 fully saturated rings. The van der Waals surface area contributed by atoms with Gasteiger partial charge in [-0.05, 0) is 84.2 Å². The normalized spacial score (nSPS) is 13.9. The second-order valence-corrected chi connectivity index (χ2v) is 17.3. The summed E-state index contributed by atoms with van der Waals surface area (Å²) >= 11 is 0. The van der Waals surface area contributed by atoms with Gasteiger partial charge in [0.05, 0.1) is 51.7 Å². The molecule has 0 unspecified atom stereocenters. The summed E-state index contributed by atoms with van der Waals surface area (Å²) in [5, 5.41) is 23.1. The van der Waals surface area contributed by atoms with Crippen molar-refractivity contribution >= 4 is 63.2 Å². The van der Waals surface area contributed by atoms with Crippen LogP contribution >= 0.6 is 21.6 Å². The fourth-order valence-electron chi connectivity index (χ4n) is 5.54. The molecule has 0 aromatic carbocycles. The number of methoxy groups -OCH3 is 1. The molecule has 0 rings (SSSR count). The minimum absolute atomic E-state index is 0.0455. The van der Waals surface area contributed by atoms with Gasteiger partial charge in [-0.3, -0.25) is 24.0 Å². The minimum atomic E-state index is -1.36. The van der Waals surface area contributed by atoms with E-state index in [1.54, 1.807) is 14.0 Å². The molecular formula is C40H78N10O13S2. The number of carbonyl (C=O) groups excluding carboxylic acids is 6. The van der Waals surface area contributed by atoms with Gasteiger partial charge in [0, 0.05) is 31.7 Å². The molecule has 0 aromatic rings. The van der Waals surface area contributed by atoms with Crippen LogP contribution < -0.4 is 55.3 Å². The van der Waals surface area contributed by atoms with Gasteiger partial charge >= 0.3 is 18.0 Å². The van der Waals surface area contributed by atoms with E-state index in [4.69, 9.17) is 52.4 Å². The van der Waals surface area contributed by atoms with E-state index in [0.717, 1.165) is 34.4 Å². The second kappa shape index (κ2) is 40.7. The van der Waals surface area contributed by atoms with E-state index < -0.39 is 72.0 Å². The van der Waals surface area contributed by atoms with Crippen molar-refractivity contribution < 1.29 is 62.4 Å². The van der Waals surface area contributed by atoms with Crippen LogP contribution in [0.25, 0.3) is 0 Å². The lowest BCUT2D eigenvalue weighted by Crippen LogP contribution is -2.56. The number of carboxylic acid groups (broad SMARTS) is 1. The van der Waals surface area contributed by atoms with Crippen LogP contribution in [0.5, 0.6) is 0 Å². The van der Waals surface area contributed by atoms with Gasteiger partial charge in [0.25, 0.3) is 0 Å². The van der Waals surface area contributed by atoms with Crippen molar-refractivity contribution in [2.75, 3.05) is 91.0 Å². The van der Waals surface area contributed by atoms with Gasteiger partial charge in [0.15, 0.2) is 0 Å². The number of amides is 5. The van der Waals surface area contributed by atoms with Crippen LogP contribution in [0.15, 0.2) is 0 Å². The van der Waals surface area contributed by atoms with E-state index >= 15 is 0 Å². The van der Waals surface area contributed by atoms with Gasteiger partial charge in [-0.15, -0.1) is 0 Å². The lowest BCUT2D eigenvalue weighted by Gasteiger charge is -2.24. The summed E-state index contributed by atoms with van der Waals surface area (Å²) < 4.78 is 25.4. The summed E-state index contributed by atoms with van der Waals surface area (Å²) in [4.78, 5) is 89.2. The van der Waals surface area contributed by atoms with Crippen molar-refractivity contribution in [3.8, 4) is 0 Å². The summed E-state index contributed by atoms with van der Waals surface area (Å²) in [5.74, 6) is -4.12. The molecule has 0 saturated heterocycles. The van der Waals surface area contributed by atoms with Crippen molar-refractivity contribution in [1.82, 2.24) is 26.6 Å². The molecule has 0 radical (unpaired) electrons. The van der Waals surface area contributed by atoms with Crippen LogP contribution in [-0.4, -0.2) is 174 Å². The Morgan fingerprint density at radius 3 is 1.60 bits per heavy atom. The van der Waals surface area contributed by atoms with Gasteiger partial charge in [-0.2, -0.15) is 0 Å². The predicted molar refractivity (Wildman–Crippen MR) is 248 cm³/mol. The Morgan fingerprint density at radius 1 is 0.538 bits per heavy atom. The Bertz CT molecular complexity index is 1350. The summed E-state index contributed by atoms with van der Waals surface area (Å²) in [6, 6.07) is -6.04. The smallest absolute Gasteiger partial charge is 0.407 e. The summed E-state index contributed by atoms with van der Waals surface area (Å²) in [6.07, 6.45) is 4.85. The molecule has 0 bridgehead atoms. The summed E-state index contributed by atoms with van der Waals surface area (Å²) in [7, 11) is 3.67. The summed E-state index contributed by atoms with van der Waals surface area (Å²) in [5.41, 5.74) is 29.1. The fraction of sp³-hybridized carbons (Fsp3) is 0.825. The molecule has 0 aliphatic rings. The van der Waals surface area contributed by atoms with Crippen LogP contribution in [0.3, 0.4) is 0 Å². The lowest BCUT2D eigenvalue weighted by atomic mass is 10.1. The molecule has 65 heavy (non-hydrogen) atoms. The van der Waals surface area contributed by atoms with Crippen LogP contribution in [0.1, 0.15) is 84.0 Å². The highest BCUT2D eigenvalue weighted by Gasteiger charge is 2.29. The molecule has 0 aliphatic carbocycles. The molecule has 16 N–H and O–H groups in total. The third-order valence-corrected chi connectivity index (χ3v) is 11.8. The molecule has 0 saturated carbocycles. The Morgan fingerprint density at radius 2 is 1.03 bits per heavy atom. The number of carbonyl (C=O) groups is 7. The molecule has 0 spiro atoms. The van der Waals surface area contributed by atoms with Crippen molar-refractivity contribution in [3.63, 3.8) is 0 Å². The van der Waals surface area contributed by atoms with Crippen molar-refractivity contribution in [3.05, 3.63) is 0 Å². The molecule has 23 nitrogen and oxygen atoms in total. The Hall–Kier alpha value is -3.53. The van der Waals surface area contributed by atoms with E-state index in [9.17, 15) is 38.7 Å². The van der Waals surface area contributed by atoms with Gasteiger partial charge in [-0.25, -0.2) is 9.59 Å². The molecule has 378 valence electrons. The van der Waals surface area contributed by atoms with Gasteiger partial charge in [-0.1, -0.05) is 34.4 Å². The van der Waals surface area contributed by atoms with E-state index in [-0.39, 0.29) is 63.4 Å². The minimum Gasteiger partial charge on any atom is -0.480 e. The first-order valence-corrected chi connectivity index (χ1v) is 24.8. The molecule has 6 atom stereocenters. The molecule has 5 amide bonds. The van der Waals surface area contributed by atoms with Crippen molar-refractivity contribution in [1.29, 1.82) is 0 Å². The first-order valence-electron chi connectivity index (χ1n) is 22.3. The number of unbranched alkanes of at least 4 members (excludes halogenated alkanes) is 4. The molecule has 25 heteroatoms. The Labute approximate surface area is 391 Å². The number of nitrogens with one attached hydrogen (secondary N) is 5. The number of alkyl carbamates (subject to hydrolysis) is 1. The largest absolute Gasteiger partial charge is 0.480 e. The number of carboxylic acids is 1.